The third-order valence-corrected chi connectivity index (χ3v) is 6.47. The van der Waals surface area contributed by atoms with Crippen LogP contribution in [-0.4, -0.2) is 35.5 Å². The number of anilines is 1. The van der Waals surface area contributed by atoms with Crippen molar-refractivity contribution >= 4 is 22.6 Å². The molecule has 0 bridgehead atoms. The van der Waals surface area contributed by atoms with Gasteiger partial charge >= 0.3 is 6.03 Å². The summed E-state index contributed by atoms with van der Waals surface area (Å²) in [6.07, 6.45) is 5.14. The topological polar surface area (TPSA) is 60.2 Å². The third kappa shape index (κ3) is 3.51. The molecule has 3 N–H and O–H groups in total. The number of hydrogen-bond acceptors (Lipinski definition) is 2. The van der Waals surface area contributed by atoms with Crippen LogP contribution in [0, 0.1) is 6.92 Å². The number of rotatable bonds is 2. The highest BCUT2D eigenvalue weighted by Crippen LogP contribution is 2.34. The van der Waals surface area contributed by atoms with Crippen molar-refractivity contribution in [2.24, 2.45) is 0 Å². The summed E-state index contributed by atoms with van der Waals surface area (Å²) >= 11 is 0. The third-order valence-electron chi connectivity index (χ3n) is 6.47. The lowest BCUT2D eigenvalue weighted by Crippen LogP contribution is -2.40. The zero-order valence-corrected chi connectivity index (χ0v) is 16.9. The molecule has 5 rings (SSSR count). The summed E-state index contributed by atoms with van der Waals surface area (Å²) in [6, 6.07) is 12.9. The summed E-state index contributed by atoms with van der Waals surface area (Å²) in [5.41, 5.74) is 7.43. The first-order valence-electron chi connectivity index (χ1n) is 10.6. The highest BCUT2D eigenvalue weighted by molar-refractivity contribution is 5.90. The van der Waals surface area contributed by atoms with Gasteiger partial charge in [-0.15, -0.1) is 0 Å². The van der Waals surface area contributed by atoms with Crippen molar-refractivity contribution in [2.45, 2.75) is 38.6 Å². The number of urea groups is 1. The second kappa shape index (κ2) is 7.56. The van der Waals surface area contributed by atoms with Gasteiger partial charge in [-0.05, 0) is 73.0 Å². The molecule has 3 aromatic rings. The van der Waals surface area contributed by atoms with Gasteiger partial charge in [0.1, 0.15) is 0 Å². The van der Waals surface area contributed by atoms with Gasteiger partial charge in [-0.3, -0.25) is 0 Å². The predicted octanol–water partition coefficient (Wildman–Crippen LogP) is 4.53. The van der Waals surface area contributed by atoms with Crippen molar-refractivity contribution in [3.63, 3.8) is 0 Å². The Kier molecular flexibility index (Phi) is 4.76. The van der Waals surface area contributed by atoms with Crippen LogP contribution in [-0.2, 0) is 13.0 Å². The minimum atomic E-state index is 0.0323. The van der Waals surface area contributed by atoms with Crippen LogP contribution in [0.15, 0.2) is 42.6 Å². The second-order valence-corrected chi connectivity index (χ2v) is 8.35. The molecule has 2 aliphatic rings. The van der Waals surface area contributed by atoms with E-state index in [1.807, 2.05) is 17.0 Å². The fourth-order valence-electron chi connectivity index (χ4n) is 4.84. The monoisotopic (exact) mass is 388 g/mol. The highest BCUT2D eigenvalue weighted by atomic mass is 16.2. The summed E-state index contributed by atoms with van der Waals surface area (Å²) in [7, 11) is 0. The molecule has 150 valence electrons. The Morgan fingerprint density at radius 1 is 1.17 bits per heavy atom. The molecule has 1 saturated heterocycles. The van der Waals surface area contributed by atoms with Gasteiger partial charge in [-0.25, -0.2) is 4.79 Å². The van der Waals surface area contributed by atoms with Crippen molar-refractivity contribution in [2.75, 3.05) is 25.0 Å². The number of H-pyrrole nitrogens is 1. The summed E-state index contributed by atoms with van der Waals surface area (Å²) in [4.78, 5) is 18.3. The van der Waals surface area contributed by atoms with E-state index in [-0.39, 0.29) is 6.03 Å². The van der Waals surface area contributed by atoms with Gasteiger partial charge in [0.15, 0.2) is 0 Å². The maximum absolute atomic E-state index is 12.9. The van der Waals surface area contributed by atoms with Gasteiger partial charge in [0, 0.05) is 42.4 Å². The van der Waals surface area contributed by atoms with E-state index in [1.165, 1.54) is 33.2 Å². The molecular formula is C24H28N4O. The Morgan fingerprint density at radius 2 is 2.03 bits per heavy atom. The fraction of sp³-hybridized carbons (Fsp3) is 0.375. The van der Waals surface area contributed by atoms with Gasteiger partial charge in [0.25, 0.3) is 0 Å². The van der Waals surface area contributed by atoms with Crippen LogP contribution in [0.2, 0.25) is 0 Å². The molecule has 5 heteroatoms. The number of aromatic nitrogens is 1. The van der Waals surface area contributed by atoms with E-state index in [9.17, 15) is 4.79 Å². The maximum Gasteiger partial charge on any atom is 0.321 e. The first kappa shape index (κ1) is 18.3. The summed E-state index contributed by atoms with van der Waals surface area (Å²) < 4.78 is 0. The lowest BCUT2D eigenvalue weighted by molar-refractivity contribution is 0.194. The summed E-state index contributed by atoms with van der Waals surface area (Å²) in [5.74, 6) is 0.506. The van der Waals surface area contributed by atoms with Crippen molar-refractivity contribution < 1.29 is 4.79 Å². The minimum Gasteiger partial charge on any atom is -0.361 e. The quantitative estimate of drug-likeness (QED) is 0.604. The van der Waals surface area contributed by atoms with Gasteiger partial charge < -0.3 is 20.5 Å². The van der Waals surface area contributed by atoms with Crippen LogP contribution >= 0.6 is 0 Å². The number of piperidine rings is 1. The molecule has 0 saturated carbocycles. The van der Waals surface area contributed by atoms with Crippen LogP contribution in [0.3, 0.4) is 0 Å². The minimum absolute atomic E-state index is 0.0323. The van der Waals surface area contributed by atoms with Crippen LogP contribution in [0.5, 0.6) is 0 Å². The number of benzene rings is 2. The molecule has 2 aliphatic heterocycles. The Bertz CT molecular complexity index is 1050. The molecule has 29 heavy (non-hydrogen) atoms. The van der Waals surface area contributed by atoms with Crippen molar-refractivity contribution in [3.8, 4) is 0 Å². The number of amides is 2. The molecule has 0 atom stereocenters. The number of likely N-dealkylation sites (tertiary alicyclic amines) is 1. The van der Waals surface area contributed by atoms with Crippen molar-refractivity contribution in [3.05, 3.63) is 64.8 Å². The molecule has 2 amide bonds. The van der Waals surface area contributed by atoms with E-state index in [0.29, 0.717) is 5.92 Å². The van der Waals surface area contributed by atoms with Crippen molar-refractivity contribution in [1.29, 1.82) is 0 Å². The summed E-state index contributed by atoms with van der Waals surface area (Å²) in [6.45, 7) is 5.57. The molecule has 3 heterocycles. The van der Waals surface area contributed by atoms with Gasteiger partial charge in [-0.1, -0.05) is 24.3 Å². The molecule has 0 spiro atoms. The lowest BCUT2D eigenvalue weighted by atomic mass is 9.89. The predicted molar refractivity (Wildman–Crippen MR) is 117 cm³/mol. The molecule has 0 radical (unpaired) electrons. The molecule has 2 aromatic carbocycles. The fourth-order valence-corrected chi connectivity index (χ4v) is 4.84. The SMILES string of the molecule is Cc1ccc2c(C3CCN(C(=O)Nc4cccc5c4CCNC5)CC3)c[nH]c2c1. The highest BCUT2D eigenvalue weighted by Gasteiger charge is 2.26. The Hall–Kier alpha value is -2.79. The van der Waals surface area contributed by atoms with Crippen molar-refractivity contribution in [1.82, 2.24) is 15.2 Å². The number of fused-ring (bicyclic) bond motifs is 2. The Morgan fingerprint density at radius 3 is 2.90 bits per heavy atom. The van der Waals surface area contributed by atoms with E-state index in [1.54, 1.807) is 0 Å². The average Bonchev–Trinajstić information content (AvgIpc) is 3.17. The standard InChI is InChI=1S/C24H28N4O/c1-16-5-6-20-21(15-26-23(20)13-16)17-8-11-28(12-9-17)24(29)27-22-4-2-3-18-14-25-10-7-19(18)22/h2-6,13,15,17,25-26H,7-12,14H2,1H3,(H,27,29). The lowest BCUT2D eigenvalue weighted by Gasteiger charge is -2.32. The summed E-state index contributed by atoms with van der Waals surface area (Å²) in [5, 5.41) is 7.89. The molecule has 0 aliphatic carbocycles. The number of nitrogens with zero attached hydrogens (tertiary/aromatic N) is 1. The normalized spacial score (nSPS) is 17.3. The number of carbonyl (C=O) groups is 1. The van der Waals surface area contributed by atoms with E-state index < -0.39 is 0 Å². The van der Waals surface area contributed by atoms with E-state index in [4.69, 9.17) is 0 Å². The van der Waals surface area contributed by atoms with Gasteiger partial charge in [-0.2, -0.15) is 0 Å². The zero-order valence-electron chi connectivity index (χ0n) is 16.9. The number of carbonyl (C=O) groups excluding carboxylic acids is 1. The van der Waals surface area contributed by atoms with Gasteiger partial charge in [0.05, 0.1) is 0 Å². The Labute approximate surface area is 171 Å². The number of aryl methyl sites for hydroxylation is 1. The van der Waals surface area contributed by atoms with Crippen LogP contribution in [0.1, 0.15) is 41.0 Å². The largest absolute Gasteiger partial charge is 0.361 e. The molecular weight excluding hydrogens is 360 g/mol. The van der Waals surface area contributed by atoms with Gasteiger partial charge in [0.2, 0.25) is 0 Å². The first-order valence-corrected chi connectivity index (χ1v) is 10.6. The molecule has 1 aromatic heterocycles. The van der Waals surface area contributed by atoms with Crippen LogP contribution in [0.25, 0.3) is 10.9 Å². The second-order valence-electron chi connectivity index (χ2n) is 8.35. The molecule has 1 fully saturated rings. The Balaban J connectivity index is 1.25. The molecule has 0 unspecified atom stereocenters. The number of nitrogens with one attached hydrogen (secondary N) is 3. The van der Waals surface area contributed by atoms with Crippen LogP contribution < -0.4 is 10.6 Å². The van der Waals surface area contributed by atoms with Crippen LogP contribution in [0.4, 0.5) is 10.5 Å². The zero-order chi connectivity index (χ0) is 19.8. The first-order chi connectivity index (χ1) is 14.2. The molecule has 5 nitrogen and oxygen atoms in total. The van der Waals surface area contributed by atoms with E-state index in [2.05, 4.69) is 53.0 Å². The van der Waals surface area contributed by atoms with E-state index >= 15 is 0 Å². The average molecular weight is 389 g/mol. The maximum atomic E-state index is 12.9. The number of hydrogen-bond donors (Lipinski definition) is 3. The number of aromatic amines is 1. The smallest absolute Gasteiger partial charge is 0.321 e. The van der Waals surface area contributed by atoms with E-state index in [0.717, 1.165) is 51.1 Å².